The molecule has 2 aromatic carbocycles. The largest absolute Gasteiger partial charge is 0.343 e. The van der Waals surface area contributed by atoms with Crippen molar-refractivity contribution in [2.24, 2.45) is 0 Å². The second kappa shape index (κ2) is 6.52. The fourth-order valence-electron chi connectivity index (χ4n) is 3.88. The number of nitrogens with one attached hydrogen (secondary N) is 1. The van der Waals surface area contributed by atoms with Crippen LogP contribution in [0.4, 0.5) is 0 Å². The first kappa shape index (κ1) is 16.7. The monoisotopic (exact) mass is 345 g/mol. The Kier molecular flexibility index (Phi) is 4.19. The predicted molar refractivity (Wildman–Crippen MR) is 103 cm³/mol. The second-order valence-electron chi connectivity index (χ2n) is 7.21. The molecule has 1 heterocycles. The fraction of sp³-hybridized carbons (Fsp3) is 0.318. The Morgan fingerprint density at radius 1 is 0.923 bits per heavy atom. The van der Waals surface area contributed by atoms with E-state index in [4.69, 9.17) is 0 Å². The average Bonchev–Trinajstić information content (AvgIpc) is 3.13. The minimum Gasteiger partial charge on any atom is -0.343 e. The molecule has 0 spiro atoms. The molecule has 1 aliphatic carbocycles. The average molecular weight is 345 g/mol. The van der Waals surface area contributed by atoms with Crippen molar-refractivity contribution in [1.82, 2.24) is 15.3 Å². The van der Waals surface area contributed by atoms with E-state index in [1.54, 1.807) is 0 Å². The zero-order chi connectivity index (χ0) is 18.1. The topological polar surface area (TPSA) is 54.9 Å². The molecule has 1 fully saturated rings. The third-order valence-electron chi connectivity index (χ3n) is 5.47. The molecule has 26 heavy (non-hydrogen) atoms. The van der Waals surface area contributed by atoms with E-state index in [1.807, 2.05) is 50.2 Å². The van der Waals surface area contributed by atoms with Crippen LogP contribution in [-0.4, -0.2) is 15.9 Å². The molecular weight excluding hydrogens is 322 g/mol. The van der Waals surface area contributed by atoms with Crippen molar-refractivity contribution in [3.05, 3.63) is 71.0 Å². The van der Waals surface area contributed by atoms with E-state index in [9.17, 15) is 4.79 Å². The molecule has 1 aromatic heterocycles. The number of benzene rings is 2. The molecule has 0 radical (unpaired) electrons. The van der Waals surface area contributed by atoms with Gasteiger partial charge in [0.25, 0.3) is 5.91 Å². The summed E-state index contributed by atoms with van der Waals surface area (Å²) in [4.78, 5) is 22.1. The van der Waals surface area contributed by atoms with Gasteiger partial charge in [-0.2, -0.15) is 0 Å². The van der Waals surface area contributed by atoms with Crippen LogP contribution in [0.15, 0.2) is 48.5 Å². The minimum atomic E-state index is -0.262. The molecular formula is C22H23N3O. The number of carbonyl (C=O) groups excluding carboxylic acids is 1. The van der Waals surface area contributed by atoms with E-state index < -0.39 is 0 Å². The highest BCUT2D eigenvalue weighted by Gasteiger charge is 2.37. The van der Waals surface area contributed by atoms with Crippen LogP contribution in [0.5, 0.6) is 0 Å². The van der Waals surface area contributed by atoms with Gasteiger partial charge in [-0.05, 0) is 50.5 Å². The lowest BCUT2D eigenvalue weighted by Crippen LogP contribution is -2.43. The van der Waals surface area contributed by atoms with E-state index in [-0.39, 0.29) is 11.4 Å². The Hall–Kier alpha value is -2.75. The maximum atomic E-state index is 13.0. The van der Waals surface area contributed by atoms with E-state index in [2.05, 4.69) is 27.4 Å². The van der Waals surface area contributed by atoms with Crippen molar-refractivity contribution in [3.63, 3.8) is 0 Å². The number of amides is 1. The highest BCUT2D eigenvalue weighted by atomic mass is 16.1. The molecule has 4 nitrogen and oxygen atoms in total. The van der Waals surface area contributed by atoms with E-state index >= 15 is 0 Å². The molecule has 4 heteroatoms. The summed E-state index contributed by atoms with van der Waals surface area (Å²) in [7, 11) is 0. The normalized spacial score (nSPS) is 15.9. The summed E-state index contributed by atoms with van der Waals surface area (Å²) in [6, 6.07) is 15.9. The van der Waals surface area contributed by atoms with Crippen molar-refractivity contribution >= 4 is 16.9 Å². The van der Waals surface area contributed by atoms with Gasteiger partial charge in [0.2, 0.25) is 0 Å². The second-order valence-corrected chi connectivity index (χ2v) is 7.21. The molecule has 1 amide bonds. The van der Waals surface area contributed by atoms with Gasteiger partial charge in [0, 0.05) is 5.56 Å². The van der Waals surface area contributed by atoms with E-state index in [0.717, 1.165) is 48.1 Å². The van der Waals surface area contributed by atoms with Gasteiger partial charge in [-0.15, -0.1) is 0 Å². The number of fused-ring (bicyclic) bond motifs is 1. The van der Waals surface area contributed by atoms with Crippen molar-refractivity contribution < 1.29 is 4.79 Å². The van der Waals surface area contributed by atoms with Gasteiger partial charge >= 0.3 is 0 Å². The Balaban J connectivity index is 1.67. The van der Waals surface area contributed by atoms with Gasteiger partial charge in [0.1, 0.15) is 0 Å². The number of aryl methyl sites for hydroxylation is 2. The first-order valence-corrected chi connectivity index (χ1v) is 9.20. The van der Waals surface area contributed by atoms with E-state index in [0.29, 0.717) is 5.56 Å². The number of carbonyl (C=O) groups is 1. The van der Waals surface area contributed by atoms with Crippen LogP contribution in [-0.2, 0) is 5.54 Å². The lowest BCUT2D eigenvalue weighted by Gasteiger charge is -2.31. The summed E-state index contributed by atoms with van der Waals surface area (Å²) < 4.78 is 0. The third-order valence-corrected chi connectivity index (χ3v) is 5.47. The maximum Gasteiger partial charge on any atom is 0.252 e. The number of aromatic nitrogens is 2. The smallest absolute Gasteiger partial charge is 0.252 e. The summed E-state index contributed by atoms with van der Waals surface area (Å²) in [6.07, 6.45) is 4.23. The number of hydrogen-bond acceptors (Lipinski definition) is 3. The summed E-state index contributed by atoms with van der Waals surface area (Å²) >= 11 is 0. The third kappa shape index (κ3) is 2.96. The highest BCUT2D eigenvalue weighted by molar-refractivity contribution is 5.97. The SMILES string of the molecule is Cc1nc2ccc(C(=O)NC3(c4ccccc4)CCCC3)cc2nc1C. The van der Waals surface area contributed by atoms with Crippen molar-refractivity contribution in [3.8, 4) is 0 Å². The molecule has 1 N–H and O–H groups in total. The molecule has 0 bridgehead atoms. The zero-order valence-corrected chi connectivity index (χ0v) is 15.2. The first-order chi connectivity index (χ1) is 12.6. The van der Waals surface area contributed by atoms with Gasteiger partial charge in [0.05, 0.1) is 28.0 Å². The summed E-state index contributed by atoms with van der Waals surface area (Å²) in [5, 5.41) is 3.33. The molecule has 0 unspecified atom stereocenters. The van der Waals surface area contributed by atoms with Crippen LogP contribution in [0.25, 0.3) is 11.0 Å². The van der Waals surface area contributed by atoms with Gasteiger partial charge in [-0.1, -0.05) is 43.2 Å². The summed E-state index contributed by atoms with van der Waals surface area (Å²) in [5.41, 5.74) is 4.97. The predicted octanol–water partition coefficient (Wildman–Crippen LogP) is 4.45. The molecule has 0 atom stereocenters. The number of nitrogens with zero attached hydrogens (tertiary/aromatic N) is 2. The number of rotatable bonds is 3. The standard InChI is InChI=1S/C22H23N3O/c1-15-16(2)24-20-14-17(10-11-19(20)23-15)21(26)25-22(12-6-7-13-22)18-8-4-3-5-9-18/h3-5,8-11,14H,6-7,12-13H2,1-2H3,(H,25,26). The van der Waals surface area contributed by atoms with Gasteiger partial charge in [-0.25, -0.2) is 9.97 Å². The van der Waals surface area contributed by atoms with Gasteiger partial charge < -0.3 is 5.32 Å². The maximum absolute atomic E-state index is 13.0. The minimum absolute atomic E-state index is 0.0438. The molecule has 1 saturated carbocycles. The Morgan fingerprint density at radius 3 is 2.27 bits per heavy atom. The molecule has 4 rings (SSSR count). The van der Waals surface area contributed by atoms with Crippen LogP contribution in [0.2, 0.25) is 0 Å². The Labute approximate surface area is 153 Å². The van der Waals surface area contributed by atoms with Crippen LogP contribution in [0, 0.1) is 13.8 Å². The van der Waals surface area contributed by atoms with Crippen LogP contribution >= 0.6 is 0 Å². The van der Waals surface area contributed by atoms with Crippen molar-refractivity contribution in [2.45, 2.75) is 45.1 Å². The molecule has 0 aliphatic heterocycles. The Bertz CT molecular complexity index is 960. The Morgan fingerprint density at radius 2 is 1.58 bits per heavy atom. The molecule has 132 valence electrons. The first-order valence-electron chi connectivity index (χ1n) is 9.20. The summed E-state index contributed by atoms with van der Waals surface area (Å²) in [5.74, 6) is -0.0438. The van der Waals surface area contributed by atoms with Gasteiger partial charge in [0.15, 0.2) is 0 Å². The van der Waals surface area contributed by atoms with Gasteiger partial charge in [-0.3, -0.25) is 4.79 Å². The lowest BCUT2D eigenvalue weighted by atomic mass is 9.88. The van der Waals surface area contributed by atoms with Crippen molar-refractivity contribution in [1.29, 1.82) is 0 Å². The van der Waals surface area contributed by atoms with Crippen LogP contribution in [0.1, 0.15) is 53.0 Å². The molecule has 1 aliphatic rings. The highest BCUT2D eigenvalue weighted by Crippen LogP contribution is 2.38. The summed E-state index contributed by atoms with van der Waals surface area (Å²) in [6.45, 7) is 3.89. The quantitative estimate of drug-likeness (QED) is 0.763. The van der Waals surface area contributed by atoms with Crippen LogP contribution in [0.3, 0.4) is 0 Å². The van der Waals surface area contributed by atoms with Crippen LogP contribution < -0.4 is 5.32 Å². The van der Waals surface area contributed by atoms with Crippen molar-refractivity contribution in [2.75, 3.05) is 0 Å². The lowest BCUT2D eigenvalue weighted by molar-refractivity contribution is 0.0898. The van der Waals surface area contributed by atoms with E-state index in [1.165, 1.54) is 5.56 Å². The fourth-order valence-corrected chi connectivity index (χ4v) is 3.88. The number of hydrogen-bond donors (Lipinski definition) is 1. The molecule has 0 saturated heterocycles. The zero-order valence-electron chi connectivity index (χ0n) is 15.2. The molecule has 3 aromatic rings.